The summed E-state index contributed by atoms with van der Waals surface area (Å²) in [5.74, 6) is -1.75. The molecule has 4 N–H and O–H groups in total. The highest BCUT2D eigenvalue weighted by atomic mass is 28.4. The molecule has 352 valence electrons. The lowest BCUT2D eigenvalue weighted by Gasteiger charge is -2.36. The monoisotopic (exact) mass is 920 g/mol. The van der Waals surface area contributed by atoms with E-state index in [0.29, 0.717) is 108 Å². The van der Waals surface area contributed by atoms with Crippen LogP contribution in [-0.2, 0) is 43.7 Å². The summed E-state index contributed by atoms with van der Waals surface area (Å²) in [6.07, 6.45) is 4.47. The van der Waals surface area contributed by atoms with Gasteiger partial charge >= 0.3 is 0 Å². The van der Waals surface area contributed by atoms with E-state index < -0.39 is 31.9 Å². The number of rotatable bonds is 18. The summed E-state index contributed by atoms with van der Waals surface area (Å²) in [6, 6.07) is 11.9. The van der Waals surface area contributed by atoms with Crippen LogP contribution in [0.15, 0.2) is 64.6 Å². The lowest BCUT2D eigenvalue weighted by atomic mass is 10.1. The summed E-state index contributed by atoms with van der Waals surface area (Å²) in [7, 11) is -2.00. The number of hydrogen-bond donors (Lipinski definition) is 2. The quantitative estimate of drug-likeness (QED) is 0.0589. The van der Waals surface area contributed by atoms with E-state index in [1.807, 2.05) is 72.0 Å². The Labute approximate surface area is 385 Å². The number of nitrogens with two attached hydrogens (primary N) is 2. The van der Waals surface area contributed by atoms with E-state index in [2.05, 4.69) is 49.1 Å². The summed E-state index contributed by atoms with van der Waals surface area (Å²) in [5.41, 5.74) is 17.6. The summed E-state index contributed by atoms with van der Waals surface area (Å²) in [5, 5.41) is 8.98. The van der Waals surface area contributed by atoms with Crippen LogP contribution >= 0.6 is 0 Å². The molecule has 0 bridgehead atoms. The van der Waals surface area contributed by atoms with Gasteiger partial charge in [-0.1, -0.05) is 32.9 Å². The smallest absolute Gasteiger partial charge is 0.298 e. The molecule has 0 saturated heterocycles. The molecule has 18 nitrogen and oxygen atoms in total. The molecule has 4 aromatic heterocycles. The van der Waals surface area contributed by atoms with Gasteiger partial charge in [-0.05, 0) is 102 Å². The SMILES string of the molecule is CCn1nc(C)cc1C(=O)N=c1n(CC)c2cc(C(N)=O)ccc2n1C/C=C/Cn1c(=NC(=O)c2cc(C)nn2CC)n(CC)c2cc(C(N)=O)cc(OCCCO[Si](C)(C)C(C)(C)C)c21. The first kappa shape index (κ1) is 48.8. The predicted octanol–water partition coefficient (Wildman–Crippen LogP) is 6.02. The second-order valence-corrected chi connectivity index (χ2v) is 22.5. The van der Waals surface area contributed by atoms with Gasteiger partial charge in [-0.2, -0.15) is 20.2 Å². The van der Waals surface area contributed by atoms with Crippen molar-refractivity contribution in [2.24, 2.45) is 21.5 Å². The van der Waals surface area contributed by atoms with E-state index in [0.717, 1.165) is 5.52 Å². The largest absolute Gasteiger partial charge is 0.491 e. The maximum atomic E-state index is 14.1. The Morgan fingerprint density at radius 2 is 1.18 bits per heavy atom. The Morgan fingerprint density at radius 1 is 0.667 bits per heavy atom. The lowest BCUT2D eigenvalue weighted by molar-refractivity contribution is 0.0977. The third-order valence-corrected chi connectivity index (χ3v) is 16.7. The summed E-state index contributed by atoms with van der Waals surface area (Å²) >= 11 is 0. The van der Waals surface area contributed by atoms with Gasteiger partial charge in [0.15, 0.2) is 8.32 Å². The van der Waals surface area contributed by atoms with Crippen molar-refractivity contribution >= 4 is 54.0 Å². The molecule has 0 spiro atoms. The third-order valence-electron chi connectivity index (χ3n) is 12.1. The fourth-order valence-corrected chi connectivity index (χ4v) is 8.82. The molecule has 0 unspecified atom stereocenters. The normalized spacial score (nSPS) is 13.0. The van der Waals surface area contributed by atoms with Crippen LogP contribution in [0, 0.1) is 13.8 Å². The molecule has 6 aromatic rings. The van der Waals surface area contributed by atoms with E-state index in [1.165, 1.54) is 0 Å². The molecule has 6 rings (SSSR count). The highest BCUT2D eigenvalue weighted by molar-refractivity contribution is 6.74. The zero-order valence-corrected chi connectivity index (χ0v) is 41.1. The first-order valence-corrected chi connectivity index (χ1v) is 25.4. The molecule has 4 amide bonds. The molecule has 0 saturated carbocycles. The molecular weight excluding hydrogens is 857 g/mol. The molecule has 66 heavy (non-hydrogen) atoms. The number of allylic oxidation sites excluding steroid dienone is 2. The van der Waals surface area contributed by atoms with Crippen molar-refractivity contribution < 1.29 is 28.3 Å². The number of amides is 4. The zero-order chi connectivity index (χ0) is 48.2. The Balaban J connectivity index is 1.48. The average Bonchev–Trinajstić information content (AvgIpc) is 4.00. The van der Waals surface area contributed by atoms with Crippen LogP contribution in [0.5, 0.6) is 5.75 Å². The molecule has 0 fully saturated rings. The molecule has 0 aliphatic carbocycles. The van der Waals surface area contributed by atoms with Crippen LogP contribution in [0.25, 0.3) is 22.1 Å². The minimum absolute atomic E-state index is 0.0507. The minimum Gasteiger partial charge on any atom is -0.491 e. The average molecular weight is 921 g/mol. The number of primary amides is 2. The number of carbonyl (C=O) groups excluding carboxylic acids is 4. The Morgan fingerprint density at radius 3 is 1.70 bits per heavy atom. The molecule has 0 radical (unpaired) electrons. The van der Waals surface area contributed by atoms with E-state index in [1.54, 1.807) is 51.8 Å². The number of carbonyl (C=O) groups is 4. The van der Waals surface area contributed by atoms with Gasteiger partial charge in [-0.3, -0.25) is 28.5 Å². The number of hydrogen-bond acceptors (Lipinski definition) is 8. The Bertz CT molecular complexity index is 3000. The first-order chi connectivity index (χ1) is 31.2. The first-order valence-electron chi connectivity index (χ1n) is 22.5. The van der Waals surface area contributed by atoms with Gasteiger partial charge in [0, 0.05) is 63.4 Å². The van der Waals surface area contributed by atoms with Crippen LogP contribution < -0.4 is 27.4 Å². The van der Waals surface area contributed by atoms with Crippen molar-refractivity contribution in [3.63, 3.8) is 0 Å². The number of fused-ring (bicyclic) bond motifs is 2. The summed E-state index contributed by atoms with van der Waals surface area (Å²) in [6.45, 7) is 25.4. The molecular formula is C47H64N12O6Si. The highest BCUT2D eigenvalue weighted by Crippen LogP contribution is 2.36. The van der Waals surface area contributed by atoms with E-state index in [-0.39, 0.29) is 23.7 Å². The number of imidazole rings is 2. The number of benzene rings is 2. The van der Waals surface area contributed by atoms with Gasteiger partial charge in [0.1, 0.15) is 22.7 Å². The maximum Gasteiger partial charge on any atom is 0.298 e. The van der Waals surface area contributed by atoms with Gasteiger partial charge in [0.05, 0.1) is 34.5 Å². The van der Waals surface area contributed by atoms with E-state index >= 15 is 0 Å². The van der Waals surface area contributed by atoms with Gasteiger partial charge in [0.2, 0.25) is 23.1 Å². The molecule has 4 heterocycles. The molecule has 0 aliphatic rings. The third kappa shape index (κ3) is 9.96. The van der Waals surface area contributed by atoms with Crippen molar-refractivity contribution in [3.05, 3.63) is 99.8 Å². The standard InChI is InChI=1S/C47H64N12O6Si/c1-12-54-35-27-32(41(48)60)19-20-34(35)56(45(54)50-43(62)37-25-30(5)52-58(37)14-3)21-16-17-22-57-40-36(55(13-2)46(57)51-44(63)38-26-31(6)53-59(38)15-4)28-33(42(49)61)29-39(40)64-23-18-24-65-66(10,11)47(7,8)9/h16-17,19-20,25-29H,12-15,18,21-24H2,1-11H3,(H2,48,60)(H2,49,61)/b17-16+,50-45?,51-46?. The number of aromatic nitrogens is 8. The molecule has 0 aliphatic heterocycles. The second kappa shape index (κ2) is 19.9. The topological polar surface area (TPSA) is 219 Å². The number of aryl methyl sites for hydroxylation is 6. The van der Waals surface area contributed by atoms with Gasteiger partial charge in [0.25, 0.3) is 11.8 Å². The van der Waals surface area contributed by atoms with Crippen molar-refractivity contribution in [2.45, 2.75) is 126 Å². The molecule has 19 heteroatoms. The lowest BCUT2D eigenvalue weighted by Crippen LogP contribution is -2.41. The van der Waals surface area contributed by atoms with Crippen LogP contribution in [0.3, 0.4) is 0 Å². The van der Waals surface area contributed by atoms with Crippen LogP contribution in [0.4, 0.5) is 0 Å². The maximum absolute atomic E-state index is 14.1. The second-order valence-electron chi connectivity index (χ2n) is 17.7. The minimum atomic E-state index is -2.00. The fraction of sp³-hybridized carbons (Fsp3) is 0.447. The van der Waals surface area contributed by atoms with Crippen LogP contribution in [0.1, 0.15) is 108 Å². The molecule has 2 aromatic carbocycles. The predicted molar refractivity (Wildman–Crippen MR) is 256 cm³/mol. The van der Waals surface area contributed by atoms with Crippen molar-refractivity contribution in [1.82, 2.24) is 37.8 Å². The number of ether oxygens (including phenoxy) is 1. The fourth-order valence-electron chi connectivity index (χ4n) is 7.73. The van der Waals surface area contributed by atoms with E-state index in [9.17, 15) is 19.2 Å². The highest BCUT2D eigenvalue weighted by Gasteiger charge is 2.37. The zero-order valence-electron chi connectivity index (χ0n) is 40.1. The van der Waals surface area contributed by atoms with Crippen molar-refractivity contribution in [3.8, 4) is 5.75 Å². The summed E-state index contributed by atoms with van der Waals surface area (Å²) < 4.78 is 23.7. The van der Waals surface area contributed by atoms with Gasteiger partial charge < -0.3 is 38.9 Å². The Kier molecular flexibility index (Phi) is 14.7. The van der Waals surface area contributed by atoms with Gasteiger partial charge in [-0.25, -0.2) is 0 Å². The van der Waals surface area contributed by atoms with Crippen LogP contribution in [-0.4, -0.2) is 83.0 Å². The van der Waals surface area contributed by atoms with Crippen LogP contribution in [0.2, 0.25) is 18.1 Å². The van der Waals surface area contributed by atoms with Crippen molar-refractivity contribution in [2.75, 3.05) is 13.2 Å². The summed E-state index contributed by atoms with van der Waals surface area (Å²) in [4.78, 5) is 62.5. The number of nitrogens with zero attached hydrogens (tertiary/aromatic N) is 10. The van der Waals surface area contributed by atoms with Crippen molar-refractivity contribution in [1.29, 1.82) is 0 Å². The van der Waals surface area contributed by atoms with E-state index in [4.69, 9.17) is 25.6 Å². The molecule has 0 atom stereocenters. The Hall–Kier alpha value is -6.60. The van der Waals surface area contributed by atoms with Gasteiger partial charge in [-0.15, -0.1) is 0 Å².